The second kappa shape index (κ2) is 5.74. The molecule has 2 aromatic rings. The maximum Gasteiger partial charge on any atom is 0.135 e. The van der Waals surface area contributed by atoms with Crippen molar-refractivity contribution in [2.24, 2.45) is 0 Å². The van der Waals surface area contributed by atoms with E-state index in [2.05, 4.69) is 58.5 Å². The Kier molecular flexibility index (Phi) is 3.99. The lowest BCUT2D eigenvalue weighted by Gasteiger charge is -2.27. The molecule has 1 atom stereocenters. The van der Waals surface area contributed by atoms with Crippen molar-refractivity contribution >= 4 is 15.9 Å². The van der Waals surface area contributed by atoms with E-state index < -0.39 is 0 Å². The van der Waals surface area contributed by atoms with E-state index in [9.17, 15) is 0 Å². The van der Waals surface area contributed by atoms with E-state index in [0.717, 1.165) is 23.2 Å². The molecule has 0 spiro atoms. The summed E-state index contributed by atoms with van der Waals surface area (Å²) in [4.78, 5) is 0. The molecule has 1 unspecified atom stereocenters. The van der Waals surface area contributed by atoms with Crippen LogP contribution in [0.4, 0.5) is 0 Å². The molecule has 3 heteroatoms. The van der Waals surface area contributed by atoms with E-state index in [0.29, 0.717) is 0 Å². The van der Waals surface area contributed by atoms with Crippen LogP contribution in [0.25, 0.3) is 0 Å². The summed E-state index contributed by atoms with van der Waals surface area (Å²) in [6, 6.07) is 13.0. The second-order valence-electron chi connectivity index (χ2n) is 5.54. The third-order valence-electron chi connectivity index (χ3n) is 4.20. The Morgan fingerprint density at radius 2 is 2.00 bits per heavy atom. The van der Waals surface area contributed by atoms with Gasteiger partial charge in [-0.25, -0.2) is 0 Å². The molecule has 1 fully saturated rings. The number of rotatable bonds is 6. The average Bonchev–Trinajstić information content (AvgIpc) is 3.18. The molecule has 0 radical (unpaired) electrons. The van der Waals surface area contributed by atoms with Gasteiger partial charge in [-0.15, -0.1) is 0 Å². The summed E-state index contributed by atoms with van der Waals surface area (Å²) < 4.78 is 6.83. The molecule has 1 saturated carbocycles. The largest absolute Gasteiger partial charge is 0.466 e. The minimum Gasteiger partial charge on any atom is -0.466 e. The highest BCUT2D eigenvalue weighted by Gasteiger charge is 2.52. The van der Waals surface area contributed by atoms with Crippen molar-refractivity contribution in [1.29, 1.82) is 0 Å². The van der Waals surface area contributed by atoms with Crippen LogP contribution < -0.4 is 5.32 Å². The first-order valence-electron chi connectivity index (χ1n) is 7.30. The van der Waals surface area contributed by atoms with Crippen molar-refractivity contribution in [1.82, 2.24) is 5.32 Å². The average molecular weight is 334 g/mol. The lowest BCUT2D eigenvalue weighted by Crippen LogP contribution is -2.32. The van der Waals surface area contributed by atoms with Crippen molar-refractivity contribution in [2.45, 2.75) is 37.6 Å². The first-order valence-corrected chi connectivity index (χ1v) is 8.09. The molecule has 0 saturated heterocycles. The molecule has 1 aliphatic rings. The lowest BCUT2D eigenvalue weighted by atomic mass is 9.86. The van der Waals surface area contributed by atoms with Gasteiger partial charge >= 0.3 is 0 Å². The summed E-state index contributed by atoms with van der Waals surface area (Å²) in [5.41, 5.74) is 1.61. The zero-order valence-corrected chi connectivity index (χ0v) is 13.3. The van der Waals surface area contributed by atoms with E-state index in [-0.39, 0.29) is 11.5 Å². The predicted molar refractivity (Wildman–Crippen MR) is 84.8 cm³/mol. The molecule has 1 aromatic heterocycles. The van der Waals surface area contributed by atoms with Crippen LogP contribution >= 0.6 is 15.9 Å². The minimum atomic E-state index is 0.191. The van der Waals surface area contributed by atoms with Gasteiger partial charge in [0, 0.05) is 5.41 Å². The van der Waals surface area contributed by atoms with Crippen molar-refractivity contribution in [2.75, 3.05) is 6.54 Å². The number of hydrogen-bond donors (Lipinski definition) is 1. The Morgan fingerprint density at radius 3 is 2.55 bits per heavy atom. The summed E-state index contributed by atoms with van der Waals surface area (Å²) in [7, 11) is 0. The van der Waals surface area contributed by atoms with Gasteiger partial charge in [0.25, 0.3) is 0 Å². The van der Waals surface area contributed by atoms with E-state index in [1.807, 2.05) is 6.07 Å². The molecule has 2 nitrogen and oxygen atoms in total. The maximum absolute atomic E-state index is 5.76. The molecule has 20 heavy (non-hydrogen) atoms. The molecule has 3 rings (SSSR count). The van der Waals surface area contributed by atoms with E-state index in [1.54, 1.807) is 6.26 Å². The van der Waals surface area contributed by atoms with Gasteiger partial charge in [0.15, 0.2) is 0 Å². The first kappa shape index (κ1) is 13.9. The highest BCUT2D eigenvalue weighted by molar-refractivity contribution is 9.10. The van der Waals surface area contributed by atoms with Crippen molar-refractivity contribution < 1.29 is 4.42 Å². The monoisotopic (exact) mass is 333 g/mol. The van der Waals surface area contributed by atoms with Crippen LogP contribution in [0, 0.1) is 0 Å². The van der Waals surface area contributed by atoms with E-state index >= 15 is 0 Å². The fraction of sp³-hybridized carbons (Fsp3) is 0.412. The molecular formula is C17H20BrNO. The second-order valence-corrected chi connectivity index (χ2v) is 6.40. The molecule has 106 valence electrons. The van der Waals surface area contributed by atoms with Gasteiger partial charge in [-0.1, -0.05) is 37.3 Å². The highest BCUT2D eigenvalue weighted by atomic mass is 79.9. The Hall–Kier alpha value is -1.06. The van der Waals surface area contributed by atoms with Gasteiger partial charge in [0.2, 0.25) is 0 Å². The molecule has 0 aliphatic heterocycles. The number of halogens is 1. The van der Waals surface area contributed by atoms with Crippen molar-refractivity contribution in [3.8, 4) is 0 Å². The van der Waals surface area contributed by atoms with E-state index in [1.165, 1.54) is 18.4 Å². The van der Waals surface area contributed by atoms with Crippen LogP contribution in [0.5, 0.6) is 0 Å². The molecule has 0 amide bonds. The molecule has 1 N–H and O–H groups in total. The lowest BCUT2D eigenvalue weighted by molar-refractivity contribution is 0.350. The normalized spacial score (nSPS) is 17.9. The third kappa shape index (κ3) is 2.45. The number of nitrogens with one attached hydrogen (secondary N) is 1. The van der Waals surface area contributed by atoms with Crippen LogP contribution in [-0.4, -0.2) is 6.54 Å². The fourth-order valence-corrected chi connectivity index (χ4v) is 3.42. The quantitative estimate of drug-likeness (QED) is 0.820. The van der Waals surface area contributed by atoms with Crippen LogP contribution in [-0.2, 0) is 5.41 Å². The summed E-state index contributed by atoms with van der Waals surface area (Å²) in [6.07, 6.45) is 5.32. The summed E-state index contributed by atoms with van der Waals surface area (Å²) in [5, 5.41) is 3.69. The van der Waals surface area contributed by atoms with Crippen LogP contribution in [0.2, 0.25) is 0 Å². The minimum absolute atomic E-state index is 0.191. The molecular weight excluding hydrogens is 314 g/mol. The number of hydrogen-bond acceptors (Lipinski definition) is 2. The van der Waals surface area contributed by atoms with Gasteiger partial charge in [-0.2, -0.15) is 0 Å². The van der Waals surface area contributed by atoms with Crippen LogP contribution in [0.3, 0.4) is 0 Å². The number of benzene rings is 1. The zero-order chi connectivity index (χ0) is 14.0. The molecule has 0 bridgehead atoms. The topological polar surface area (TPSA) is 25.2 Å². The van der Waals surface area contributed by atoms with Crippen molar-refractivity contribution in [3.63, 3.8) is 0 Å². The SMILES string of the molecule is CCCNC(c1occc1Br)C1(c2ccccc2)CC1. The Labute approximate surface area is 128 Å². The molecule has 1 aromatic carbocycles. The molecule has 1 heterocycles. The summed E-state index contributed by atoms with van der Waals surface area (Å²) in [6.45, 7) is 3.20. The van der Waals surface area contributed by atoms with Gasteiger partial charge in [-0.05, 0) is 53.4 Å². The van der Waals surface area contributed by atoms with Crippen LogP contribution in [0.1, 0.15) is 43.6 Å². The fourth-order valence-electron chi connectivity index (χ4n) is 2.99. The smallest absolute Gasteiger partial charge is 0.135 e. The van der Waals surface area contributed by atoms with Gasteiger partial charge in [-0.3, -0.25) is 0 Å². The molecule has 1 aliphatic carbocycles. The predicted octanol–water partition coefficient (Wildman–Crippen LogP) is 4.81. The maximum atomic E-state index is 5.76. The highest BCUT2D eigenvalue weighted by Crippen LogP contribution is 2.57. The van der Waals surface area contributed by atoms with Gasteiger partial charge < -0.3 is 9.73 Å². The zero-order valence-electron chi connectivity index (χ0n) is 11.7. The Balaban J connectivity index is 1.96. The van der Waals surface area contributed by atoms with Crippen LogP contribution in [0.15, 0.2) is 51.6 Å². The third-order valence-corrected chi connectivity index (χ3v) is 4.85. The standard InChI is InChI=1S/C17H20BrNO/c1-2-11-19-16(15-14(18)8-12-20-15)17(9-10-17)13-6-4-3-5-7-13/h3-8,12,16,19H,2,9-11H2,1H3. The summed E-state index contributed by atoms with van der Waals surface area (Å²) >= 11 is 3.62. The van der Waals surface area contributed by atoms with Crippen molar-refractivity contribution in [3.05, 3.63) is 58.5 Å². The summed E-state index contributed by atoms with van der Waals surface area (Å²) in [5.74, 6) is 1.03. The van der Waals surface area contributed by atoms with E-state index in [4.69, 9.17) is 4.42 Å². The Morgan fingerprint density at radius 1 is 1.25 bits per heavy atom. The first-order chi connectivity index (χ1) is 9.78. The number of furan rings is 1. The van der Waals surface area contributed by atoms with Gasteiger partial charge in [0.1, 0.15) is 5.76 Å². The van der Waals surface area contributed by atoms with Gasteiger partial charge in [0.05, 0.1) is 16.8 Å². The Bertz CT molecular complexity index is 559.